The zero-order valence-electron chi connectivity index (χ0n) is 16.1. The Morgan fingerprint density at radius 2 is 0.893 bits per heavy atom. The number of benzene rings is 2. The van der Waals surface area contributed by atoms with Gasteiger partial charge in [-0.05, 0) is 48.3 Å². The van der Waals surface area contributed by atoms with Crippen LogP contribution in [0.5, 0.6) is 0 Å². The average Bonchev–Trinajstić information content (AvgIpc) is 2.71. The predicted octanol–water partition coefficient (Wildman–Crippen LogP) is 5.01. The number of rotatable bonds is 8. The molecule has 0 aliphatic heterocycles. The van der Waals surface area contributed by atoms with Gasteiger partial charge >= 0.3 is 11.9 Å². The lowest BCUT2D eigenvalue weighted by molar-refractivity contribution is -0.138. The first-order valence-corrected chi connectivity index (χ1v) is 9.18. The molecule has 2 aromatic carbocycles. The molecule has 0 saturated heterocycles. The van der Waals surface area contributed by atoms with Crippen LogP contribution in [-0.2, 0) is 19.1 Å². The molecule has 0 fully saturated rings. The van der Waals surface area contributed by atoms with Gasteiger partial charge < -0.3 is 9.47 Å². The first-order chi connectivity index (χ1) is 13.6. The summed E-state index contributed by atoms with van der Waals surface area (Å²) in [4.78, 5) is 22.6. The van der Waals surface area contributed by atoms with Gasteiger partial charge in [0.15, 0.2) is 0 Å². The molecule has 0 bridgehead atoms. The van der Waals surface area contributed by atoms with E-state index in [2.05, 4.69) is 0 Å². The second-order valence-corrected chi connectivity index (χ2v) is 5.84. The fraction of sp³-hybridized carbons (Fsp3) is 0.167. The van der Waals surface area contributed by atoms with E-state index >= 15 is 0 Å². The molecule has 0 atom stereocenters. The molecule has 28 heavy (non-hydrogen) atoms. The molecule has 0 aromatic heterocycles. The van der Waals surface area contributed by atoms with Gasteiger partial charge in [0.25, 0.3) is 0 Å². The predicted molar refractivity (Wildman–Crippen MR) is 113 cm³/mol. The highest BCUT2D eigenvalue weighted by Crippen LogP contribution is 2.12. The van der Waals surface area contributed by atoms with Crippen LogP contribution in [0.25, 0.3) is 24.3 Å². The third-order valence-electron chi connectivity index (χ3n) is 3.74. The molecule has 4 nitrogen and oxygen atoms in total. The third kappa shape index (κ3) is 7.46. The van der Waals surface area contributed by atoms with Crippen LogP contribution in [0.4, 0.5) is 0 Å². The van der Waals surface area contributed by atoms with Gasteiger partial charge in [0.2, 0.25) is 0 Å². The molecule has 0 aliphatic carbocycles. The lowest BCUT2D eigenvalue weighted by Crippen LogP contribution is -1.98. The molecular weight excluding hydrogens is 352 g/mol. The summed E-state index contributed by atoms with van der Waals surface area (Å²) in [7, 11) is 0. The molecule has 4 heteroatoms. The minimum atomic E-state index is -0.341. The van der Waals surface area contributed by atoms with Gasteiger partial charge in [-0.15, -0.1) is 0 Å². The first-order valence-electron chi connectivity index (χ1n) is 9.18. The van der Waals surface area contributed by atoms with Crippen LogP contribution in [0.1, 0.15) is 36.1 Å². The topological polar surface area (TPSA) is 52.6 Å². The quantitative estimate of drug-likeness (QED) is 0.369. The summed E-state index contributed by atoms with van der Waals surface area (Å²) in [6.07, 6.45) is 10.3. The Labute approximate surface area is 165 Å². The van der Waals surface area contributed by atoms with Gasteiger partial charge in [0.05, 0.1) is 13.2 Å². The molecule has 0 radical (unpaired) electrons. The van der Waals surface area contributed by atoms with Crippen LogP contribution in [0.3, 0.4) is 0 Å². The number of carbonyl (C=O) groups is 2. The summed E-state index contributed by atoms with van der Waals surface area (Å²) in [5.41, 5.74) is 3.98. The normalized spacial score (nSPS) is 11.4. The van der Waals surface area contributed by atoms with Gasteiger partial charge in [-0.2, -0.15) is 0 Å². The molecule has 0 amide bonds. The lowest BCUT2D eigenvalue weighted by Gasteiger charge is -1.99. The molecule has 0 aliphatic rings. The highest BCUT2D eigenvalue weighted by molar-refractivity contribution is 5.87. The van der Waals surface area contributed by atoms with Crippen LogP contribution in [-0.4, -0.2) is 25.2 Å². The van der Waals surface area contributed by atoms with Crippen molar-refractivity contribution in [2.45, 2.75) is 13.8 Å². The number of hydrogen-bond acceptors (Lipinski definition) is 4. The van der Waals surface area contributed by atoms with Crippen molar-refractivity contribution in [1.29, 1.82) is 0 Å². The maximum atomic E-state index is 11.3. The number of ether oxygens (including phenoxy) is 2. The van der Waals surface area contributed by atoms with Crippen LogP contribution < -0.4 is 0 Å². The minimum Gasteiger partial charge on any atom is -0.463 e. The summed E-state index contributed by atoms with van der Waals surface area (Å²) in [6.45, 7) is 4.30. The van der Waals surface area contributed by atoms with E-state index in [0.29, 0.717) is 13.2 Å². The van der Waals surface area contributed by atoms with Gasteiger partial charge in [-0.1, -0.05) is 60.7 Å². The van der Waals surface area contributed by atoms with Crippen molar-refractivity contribution >= 4 is 36.2 Å². The van der Waals surface area contributed by atoms with E-state index < -0.39 is 0 Å². The van der Waals surface area contributed by atoms with Crippen molar-refractivity contribution in [3.05, 3.63) is 82.9 Å². The SMILES string of the molecule is CCOC(=O)C=Cc1ccc(C=Cc2ccc(C=CC(=O)OCC)cc2)cc1. The van der Waals surface area contributed by atoms with E-state index in [4.69, 9.17) is 9.47 Å². The van der Waals surface area contributed by atoms with Crippen LogP contribution in [0.2, 0.25) is 0 Å². The van der Waals surface area contributed by atoms with Crippen LogP contribution in [0.15, 0.2) is 60.7 Å². The molecule has 0 heterocycles. The Hall–Kier alpha value is -3.40. The molecule has 144 valence electrons. The standard InChI is InChI=1S/C24H24O4/c1-3-27-23(25)17-15-21-11-7-19(8-12-21)5-6-20-9-13-22(14-10-20)16-18-24(26)28-4-2/h5-18H,3-4H2,1-2H3. The molecular formula is C24H24O4. The highest BCUT2D eigenvalue weighted by atomic mass is 16.5. The van der Waals surface area contributed by atoms with Crippen LogP contribution in [0, 0.1) is 0 Å². The van der Waals surface area contributed by atoms with E-state index in [-0.39, 0.29) is 11.9 Å². The van der Waals surface area contributed by atoms with E-state index in [9.17, 15) is 9.59 Å². The van der Waals surface area contributed by atoms with Crippen molar-refractivity contribution in [3.8, 4) is 0 Å². The maximum absolute atomic E-state index is 11.3. The monoisotopic (exact) mass is 376 g/mol. The number of carbonyl (C=O) groups excluding carboxylic acids is 2. The van der Waals surface area contributed by atoms with Gasteiger partial charge in [-0.25, -0.2) is 9.59 Å². The summed E-state index contributed by atoms with van der Waals surface area (Å²) in [6, 6.07) is 15.7. The van der Waals surface area contributed by atoms with Crippen LogP contribution >= 0.6 is 0 Å². The molecule has 0 N–H and O–H groups in total. The van der Waals surface area contributed by atoms with Gasteiger partial charge in [-0.3, -0.25) is 0 Å². The van der Waals surface area contributed by atoms with Crippen molar-refractivity contribution < 1.29 is 19.1 Å². The molecule has 0 saturated carbocycles. The largest absolute Gasteiger partial charge is 0.463 e. The fourth-order valence-corrected chi connectivity index (χ4v) is 2.34. The van der Waals surface area contributed by atoms with E-state index in [0.717, 1.165) is 22.3 Å². The maximum Gasteiger partial charge on any atom is 0.330 e. The molecule has 0 spiro atoms. The summed E-state index contributed by atoms with van der Waals surface area (Å²) in [5, 5.41) is 0. The van der Waals surface area contributed by atoms with E-state index in [1.807, 2.05) is 60.7 Å². The minimum absolute atomic E-state index is 0.341. The smallest absolute Gasteiger partial charge is 0.330 e. The summed E-state index contributed by atoms with van der Waals surface area (Å²) >= 11 is 0. The van der Waals surface area contributed by atoms with E-state index in [1.165, 1.54) is 12.2 Å². The second kappa shape index (κ2) is 11.3. The molecule has 2 rings (SSSR count). The zero-order valence-corrected chi connectivity index (χ0v) is 16.1. The van der Waals surface area contributed by atoms with Crippen molar-refractivity contribution in [3.63, 3.8) is 0 Å². The Balaban J connectivity index is 1.94. The van der Waals surface area contributed by atoms with Crippen molar-refractivity contribution in [2.24, 2.45) is 0 Å². The summed E-state index contributed by atoms with van der Waals surface area (Å²) < 4.78 is 9.71. The van der Waals surface area contributed by atoms with Crippen molar-refractivity contribution in [2.75, 3.05) is 13.2 Å². The van der Waals surface area contributed by atoms with Gasteiger partial charge in [0.1, 0.15) is 0 Å². The van der Waals surface area contributed by atoms with Gasteiger partial charge in [0, 0.05) is 12.2 Å². The molecule has 0 unspecified atom stereocenters. The molecule has 2 aromatic rings. The Morgan fingerprint density at radius 1 is 0.607 bits per heavy atom. The first kappa shape index (κ1) is 20.9. The van der Waals surface area contributed by atoms with E-state index in [1.54, 1.807) is 26.0 Å². The third-order valence-corrected chi connectivity index (χ3v) is 3.74. The second-order valence-electron chi connectivity index (χ2n) is 5.84. The number of hydrogen-bond donors (Lipinski definition) is 0. The fourth-order valence-electron chi connectivity index (χ4n) is 2.34. The highest BCUT2D eigenvalue weighted by Gasteiger charge is 1.96. The summed E-state index contributed by atoms with van der Waals surface area (Å²) in [5.74, 6) is -0.681. The Kier molecular flexibility index (Phi) is 8.47. The zero-order chi connectivity index (χ0) is 20.2. The Morgan fingerprint density at radius 3 is 1.18 bits per heavy atom. The average molecular weight is 376 g/mol. The van der Waals surface area contributed by atoms with Crippen molar-refractivity contribution in [1.82, 2.24) is 0 Å². The Bertz CT molecular complexity index is 783. The lowest BCUT2D eigenvalue weighted by atomic mass is 10.1. The number of esters is 2.